The topological polar surface area (TPSA) is 173 Å². The van der Waals surface area contributed by atoms with E-state index in [4.69, 9.17) is 18.4 Å². The zero-order valence-corrected chi connectivity index (χ0v) is 15.3. The van der Waals surface area contributed by atoms with Gasteiger partial charge in [-0.1, -0.05) is 0 Å². The first-order valence-corrected chi connectivity index (χ1v) is 9.44. The summed E-state index contributed by atoms with van der Waals surface area (Å²) in [5.74, 6) is 0.113. The average Bonchev–Trinajstić information content (AvgIpc) is 2.61. The first kappa shape index (κ1) is 20.7. The lowest BCUT2D eigenvalue weighted by Crippen LogP contribution is -2.60. The molecular formula is C16H18O11S. The molecule has 0 radical (unpaired) electrons. The van der Waals surface area contributed by atoms with Crippen molar-refractivity contribution in [2.45, 2.75) is 37.6 Å². The number of benzene rings is 1. The molecule has 3 rings (SSSR count). The highest BCUT2D eigenvalue weighted by atomic mass is 32.3. The Bertz CT molecular complexity index is 1010. The summed E-state index contributed by atoms with van der Waals surface area (Å²) in [7, 11) is -4.80. The molecule has 0 unspecified atom stereocenters. The maximum Gasteiger partial charge on any atom is 0.397 e. The van der Waals surface area contributed by atoms with Crippen LogP contribution < -0.4 is 10.4 Å². The zero-order valence-electron chi connectivity index (χ0n) is 14.5. The lowest BCUT2D eigenvalue weighted by molar-refractivity contribution is -0.276. The fourth-order valence-corrected chi connectivity index (χ4v) is 3.01. The van der Waals surface area contributed by atoms with Crippen LogP contribution in [0.3, 0.4) is 0 Å². The van der Waals surface area contributed by atoms with Gasteiger partial charge >= 0.3 is 16.0 Å². The van der Waals surface area contributed by atoms with Gasteiger partial charge in [0.1, 0.15) is 35.7 Å². The van der Waals surface area contributed by atoms with E-state index in [1.165, 1.54) is 12.1 Å². The third-order valence-electron chi connectivity index (χ3n) is 4.18. The summed E-state index contributed by atoms with van der Waals surface area (Å²) < 4.78 is 50.0. The number of aliphatic hydroxyl groups is 3. The highest BCUT2D eigenvalue weighted by molar-refractivity contribution is 7.80. The quantitative estimate of drug-likeness (QED) is 0.350. The molecule has 0 bridgehead atoms. The predicted octanol–water partition coefficient (Wildman–Crippen LogP) is -0.893. The molecule has 0 saturated carbocycles. The first-order chi connectivity index (χ1) is 13.0. The molecule has 12 heteroatoms. The zero-order chi connectivity index (χ0) is 20.6. The smallest absolute Gasteiger partial charge is 0.397 e. The van der Waals surface area contributed by atoms with Crippen molar-refractivity contribution in [3.63, 3.8) is 0 Å². The minimum absolute atomic E-state index is 0.113. The lowest BCUT2D eigenvalue weighted by Gasteiger charge is -2.39. The predicted molar refractivity (Wildman–Crippen MR) is 92.0 cm³/mol. The van der Waals surface area contributed by atoms with Crippen LogP contribution in [0.1, 0.15) is 5.56 Å². The Morgan fingerprint density at radius 2 is 1.82 bits per heavy atom. The van der Waals surface area contributed by atoms with Gasteiger partial charge in [-0.15, -0.1) is 0 Å². The fraction of sp³-hybridized carbons (Fsp3) is 0.438. The second-order valence-corrected chi connectivity index (χ2v) is 7.35. The van der Waals surface area contributed by atoms with Crippen molar-refractivity contribution in [2.24, 2.45) is 0 Å². The van der Waals surface area contributed by atoms with Crippen molar-refractivity contribution >= 4 is 21.4 Å². The number of hydrogen-bond acceptors (Lipinski definition) is 10. The van der Waals surface area contributed by atoms with Gasteiger partial charge in [0.25, 0.3) is 0 Å². The van der Waals surface area contributed by atoms with E-state index < -0.39 is 53.3 Å². The van der Waals surface area contributed by atoms with Gasteiger partial charge in [0.2, 0.25) is 6.29 Å². The Hall–Kier alpha value is -2.06. The van der Waals surface area contributed by atoms with Crippen LogP contribution in [0.15, 0.2) is 33.5 Å². The van der Waals surface area contributed by atoms with Crippen LogP contribution in [0, 0.1) is 6.92 Å². The summed E-state index contributed by atoms with van der Waals surface area (Å²) in [5.41, 5.74) is 0.107. The van der Waals surface area contributed by atoms with Gasteiger partial charge in [-0.25, -0.2) is 8.98 Å². The van der Waals surface area contributed by atoms with Crippen LogP contribution >= 0.6 is 0 Å². The van der Waals surface area contributed by atoms with Gasteiger partial charge in [0, 0.05) is 17.0 Å². The van der Waals surface area contributed by atoms with Crippen LogP contribution in [0.4, 0.5) is 0 Å². The molecule has 154 valence electrons. The van der Waals surface area contributed by atoms with Gasteiger partial charge in [-0.3, -0.25) is 4.55 Å². The van der Waals surface area contributed by atoms with Crippen molar-refractivity contribution < 1.29 is 46.4 Å². The number of aliphatic hydroxyl groups excluding tert-OH is 3. The van der Waals surface area contributed by atoms with E-state index in [1.54, 1.807) is 19.1 Å². The van der Waals surface area contributed by atoms with Gasteiger partial charge in [-0.05, 0) is 25.1 Å². The SMILES string of the molecule is Cc1cc2ccc(O[C@@H]3O[C@H](COS(=O)(=O)O)[C@H](O)[C@H](O)[C@H]3O)cc2oc1=O. The minimum atomic E-state index is -4.80. The molecule has 1 fully saturated rings. The van der Waals surface area contributed by atoms with E-state index >= 15 is 0 Å². The Labute approximate surface area is 158 Å². The molecule has 28 heavy (non-hydrogen) atoms. The van der Waals surface area contributed by atoms with Gasteiger partial charge in [0.15, 0.2) is 0 Å². The molecular weight excluding hydrogens is 400 g/mol. The Kier molecular flexibility index (Phi) is 5.72. The summed E-state index contributed by atoms with van der Waals surface area (Å²) in [5, 5.41) is 30.5. The summed E-state index contributed by atoms with van der Waals surface area (Å²) in [6.07, 6.45) is -8.06. The highest BCUT2D eigenvalue weighted by Crippen LogP contribution is 2.27. The van der Waals surface area contributed by atoms with Crippen LogP contribution in [-0.4, -0.2) is 65.6 Å². The maximum atomic E-state index is 11.6. The number of hydrogen-bond donors (Lipinski definition) is 4. The van der Waals surface area contributed by atoms with E-state index in [-0.39, 0.29) is 11.3 Å². The number of rotatable bonds is 5. The van der Waals surface area contributed by atoms with Crippen LogP contribution in [0.5, 0.6) is 5.75 Å². The molecule has 0 amide bonds. The first-order valence-electron chi connectivity index (χ1n) is 8.08. The Balaban J connectivity index is 1.80. The van der Waals surface area contributed by atoms with Gasteiger partial charge < -0.3 is 29.2 Å². The summed E-state index contributed by atoms with van der Waals surface area (Å²) in [4.78, 5) is 11.6. The van der Waals surface area contributed by atoms with Crippen LogP contribution in [0.25, 0.3) is 11.0 Å². The molecule has 1 aromatic heterocycles. The Morgan fingerprint density at radius 3 is 2.50 bits per heavy atom. The molecule has 4 N–H and O–H groups in total. The molecule has 1 saturated heterocycles. The molecule has 0 spiro atoms. The minimum Gasteiger partial charge on any atom is -0.462 e. The second-order valence-electron chi connectivity index (χ2n) is 6.26. The number of fused-ring (bicyclic) bond motifs is 1. The van der Waals surface area contributed by atoms with E-state index in [1.807, 2.05) is 0 Å². The lowest BCUT2D eigenvalue weighted by atomic mass is 9.99. The van der Waals surface area contributed by atoms with Crippen LogP contribution in [-0.2, 0) is 19.3 Å². The number of aryl methyl sites for hydroxylation is 1. The van der Waals surface area contributed by atoms with Crippen molar-refractivity contribution in [3.8, 4) is 5.75 Å². The molecule has 5 atom stereocenters. The molecule has 1 aliphatic rings. The monoisotopic (exact) mass is 418 g/mol. The summed E-state index contributed by atoms with van der Waals surface area (Å²) in [6.45, 7) is 0.777. The van der Waals surface area contributed by atoms with E-state index in [9.17, 15) is 28.5 Å². The molecule has 11 nitrogen and oxygen atoms in total. The molecule has 2 heterocycles. The molecule has 2 aromatic rings. The largest absolute Gasteiger partial charge is 0.462 e. The highest BCUT2D eigenvalue weighted by Gasteiger charge is 2.45. The summed E-state index contributed by atoms with van der Waals surface area (Å²) in [6, 6.07) is 6.09. The van der Waals surface area contributed by atoms with Crippen molar-refractivity contribution in [1.29, 1.82) is 0 Å². The van der Waals surface area contributed by atoms with Gasteiger partial charge in [0.05, 0.1) is 6.61 Å². The molecule has 0 aliphatic carbocycles. The van der Waals surface area contributed by atoms with Crippen LogP contribution in [0.2, 0.25) is 0 Å². The van der Waals surface area contributed by atoms with E-state index in [2.05, 4.69) is 4.18 Å². The number of ether oxygens (including phenoxy) is 2. The van der Waals surface area contributed by atoms with Gasteiger partial charge in [-0.2, -0.15) is 8.42 Å². The summed E-state index contributed by atoms with van der Waals surface area (Å²) >= 11 is 0. The van der Waals surface area contributed by atoms with Crippen molar-refractivity contribution in [1.82, 2.24) is 0 Å². The standard InChI is InChI=1S/C16H18O11S/c1-7-4-8-2-3-9(5-10(8)26-15(7)20)25-16-14(19)13(18)12(17)11(27-16)6-24-28(21,22)23/h2-5,11-14,16-19H,6H2,1H3,(H,21,22,23)/t11-,12+,13+,14-,16-/m1/s1. The van der Waals surface area contributed by atoms with Crippen molar-refractivity contribution in [2.75, 3.05) is 6.61 Å². The third kappa shape index (κ3) is 4.50. The average molecular weight is 418 g/mol. The maximum absolute atomic E-state index is 11.6. The van der Waals surface area contributed by atoms with E-state index in [0.29, 0.717) is 10.9 Å². The molecule has 1 aliphatic heterocycles. The fourth-order valence-electron chi connectivity index (χ4n) is 2.71. The van der Waals surface area contributed by atoms with E-state index in [0.717, 1.165) is 0 Å². The second kappa shape index (κ2) is 7.75. The van der Waals surface area contributed by atoms with Crippen molar-refractivity contribution in [3.05, 3.63) is 40.2 Å². The Morgan fingerprint density at radius 1 is 1.11 bits per heavy atom. The normalized spacial score (nSPS) is 28.4. The molecule has 1 aromatic carbocycles. The third-order valence-corrected chi connectivity index (χ3v) is 4.62.